The van der Waals surface area contributed by atoms with Gasteiger partial charge in [0.1, 0.15) is 21.7 Å². The largest absolute Gasteiger partial charge is 0.497 e. The summed E-state index contributed by atoms with van der Waals surface area (Å²) in [6.45, 7) is 2.01. The van der Waals surface area contributed by atoms with Gasteiger partial charge in [0.25, 0.3) is 0 Å². The first-order valence-corrected chi connectivity index (χ1v) is 6.14. The average Bonchev–Trinajstić information content (AvgIpc) is 2.82. The Morgan fingerprint density at radius 1 is 1.35 bits per heavy atom. The SMILES string of the molecule is CCc1nc(-c2ccc(OC)cc2)sc1C#N. The Kier molecular flexibility index (Phi) is 3.40. The molecule has 2 rings (SSSR count). The zero-order valence-corrected chi connectivity index (χ0v) is 10.5. The fraction of sp³-hybridized carbons (Fsp3) is 0.231. The normalized spacial score (nSPS) is 9.94. The molecule has 1 aromatic heterocycles. The van der Waals surface area contributed by atoms with Crippen molar-refractivity contribution in [3.05, 3.63) is 34.8 Å². The molecule has 4 heteroatoms. The lowest BCUT2D eigenvalue weighted by Gasteiger charge is -1.99. The molecule has 1 aromatic carbocycles. The van der Waals surface area contributed by atoms with Crippen molar-refractivity contribution < 1.29 is 4.74 Å². The monoisotopic (exact) mass is 244 g/mol. The minimum absolute atomic E-state index is 0.707. The van der Waals surface area contributed by atoms with Crippen molar-refractivity contribution in [1.29, 1.82) is 5.26 Å². The van der Waals surface area contributed by atoms with Crippen LogP contribution in [0.25, 0.3) is 10.6 Å². The van der Waals surface area contributed by atoms with Crippen molar-refractivity contribution in [2.45, 2.75) is 13.3 Å². The Balaban J connectivity index is 2.39. The summed E-state index contributed by atoms with van der Waals surface area (Å²) < 4.78 is 5.11. The summed E-state index contributed by atoms with van der Waals surface area (Å²) in [5.74, 6) is 0.821. The minimum atomic E-state index is 0.707. The van der Waals surface area contributed by atoms with Gasteiger partial charge < -0.3 is 4.74 Å². The van der Waals surface area contributed by atoms with Crippen LogP contribution in [0.2, 0.25) is 0 Å². The maximum absolute atomic E-state index is 8.99. The molecule has 0 bridgehead atoms. The standard InChI is InChI=1S/C13H12N2OS/c1-3-11-12(8-14)17-13(15-11)9-4-6-10(16-2)7-5-9/h4-7H,3H2,1-2H3. The van der Waals surface area contributed by atoms with Crippen LogP contribution < -0.4 is 4.74 Å². The van der Waals surface area contributed by atoms with E-state index in [-0.39, 0.29) is 0 Å². The number of aromatic nitrogens is 1. The minimum Gasteiger partial charge on any atom is -0.497 e. The smallest absolute Gasteiger partial charge is 0.128 e. The second-order valence-corrected chi connectivity index (χ2v) is 4.49. The Hall–Kier alpha value is -1.86. The van der Waals surface area contributed by atoms with Crippen LogP contribution in [-0.2, 0) is 6.42 Å². The summed E-state index contributed by atoms with van der Waals surface area (Å²) in [5.41, 5.74) is 1.90. The third kappa shape index (κ3) is 2.29. The number of benzene rings is 1. The summed E-state index contributed by atoms with van der Waals surface area (Å²) in [5, 5.41) is 9.88. The van der Waals surface area contributed by atoms with Crippen molar-refractivity contribution in [2.75, 3.05) is 7.11 Å². The Labute approximate surface area is 104 Å². The van der Waals surface area contributed by atoms with Gasteiger partial charge in [0, 0.05) is 5.56 Å². The zero-order chi connectivity index (χ0) is 12.3. The lowest BCUT2D eigenvalue weighted by Crippen LogP contribution is -1.84. The Morgan fingerprint density at radius 2 is 2.06 bits per heavy atom. The van der Waals surface area contributed by atoms with Gasteiger partial charge in [0.05, 0.1) is 12.8 Å². The van der Waals surface area contributed by atoms with Gasteiger partial charge in [-0.25, -0.2) is 4.98 Å². The second-order valence-electron chi connectivity index (χ2n) is 3.49. The van der Waals surface area contributed by atoms with Gasteiger partial charge in [-0.05, 0) is 30.7 Å². The molecule has 0 N–H and O–H groups in total. The van der Waals surface area contributed by atoms with E-state index in [1.807, 2.05) is 31.2 Å². The Morgan fingerprint density at radius 3 is 2.53 bits per heavy atom. The van der Waals surface area contributed by atoms with Gasteiger partial charge in [0.2, 0.25) is 0 Å². The molecule has 2 aromatic rings. The lowest BCUT2D eigenvalue weighted by molar-refractivity contribution is 0.415. The third-order valence-corrected chi connectivity index (χ3v) is 3.52. The zero-order valence-electron chi connectivity index (χ0n) is 9.73. The number of hydrogen-bond acceptors (Lipinski definition) is 4. The van der Waals surface area contributed by atoms with Crippen molar-refractivity contribution >= 4 is 11.3 Å². The van der Waals surface area contributed by atoms with Crippen LogP contribution in [-0.4, -0.2) is 12.1 Å². The lowest BCUT2D eigenvalue weighted by atomic mass is 10.2. The number of rotatable bonds is 3. The molecule has 0 unspecified atom stereocenters. The van der Waals surface area contributed by atoms with Crippen molar-refractivity contribution in [3.8, 4) is 22.4 Å². The Bertz CT molecular complexity index is 552. The van der Waals surface area contributed by atoms with Gasteiger partial charge in [-0.3, -0.25) is 0 Å². The average molecular weight is 244 g/mol. The van der Waals surface area contributed by atoms with Gasteiger partial charge >= 0.3 is 0 Å². The van der Waals surface area contributed by atoms with E-state index < -0.39 is 0 Å². The molecule has 0 saturated heterocycles. The van der Waals surface area contributed by atoms with Gasteiger partial charge in [-0.1, -0.05) is 6.92 Å². The maximum Gasteiger partial charge on any atom is 0.128 e. The molecule has 0 fully saturated rings. The number of nitrogens with zero attached hydrogens (tertiary/aromatic N) is 2. The van der Waals surface area contributed by atoms with Crippen LogP contribution in [0.1, 0.15) is 17.5 Å². The summed E-state index contributed by atoms with van der Waals surface area (Å²) in [6, 6.07) is 9.90. The van der Waals surface area contributed by atoms with E-state index in [2.05, 4.69) is 11.1 Å². The predicted octanol–water partition coefficient (Wildman–Crippen LogP) is 3.25. The quantitative estimate of drug-likeness (QED) is 0.832. The van der Waals surface area contributed by atoms with E-state index >= 15 is 0 Å². The molecule has 0 radical (unpaired) electrons. The number of ether oxygens (including phenoxy) is 1. The predicted molar refractivity (Wildman–Crippen MR) is 68.2 cm³/mol. The first kappa shape index (κ1) is 11.6. The van der Waals surface area contributed by atoms with E-state index in [9.17, 15) is 0 Å². The van der Waals surface area contributed by atoms with Crippen LogP contribution in [0.3, 0.4) is 0 Å². The number of hydrogen-bond donors (Lipinski definition) is 0. The molecule has 0 aliphatic carbocycles. The molecule has 0 saturated carbocycles. The summed E-state index contributed by atoms with van der Waals surface area (Å²) in [4.78, 5) is 5.19. The summed E-state index contributed by atoms with van der Waals surface area (Å²) >= 11 is 1.44. The number of thiazole rings is 1. The molecule has 0 aliphatic heterocycles. The van der Waals surface area contributed by atoms with Crippen LogP contribution >= 0.6 is 11.3 Å². The van der Waals surface area contributed by atoms with Gasteiger partial charge in [-0.2, -0.15) is 5.26 Å². The molecule has 0 spiro atoms. The van der Waals surface area contributed by atoms with Crippen molar-refractivity contribution in [3.63, 3.8) is 0 Å². The molecular weight excluding hydrogens is 232 g/mol. The van der Waals surface area contributed by atoms with E-state index in [0.29, 0.717) is 4.88 Å². The number of methoxy groups -OCH3 is 1. The highest BCUT2D eigenvalue weighted by molar-refractivity contribution is 7.15. The van der Waals surface area contributed by atoms with Crippen molar-refractivity contribution in [1.82, 2.24) is 4.98 Å². The summed E-state index contributed by atoms with van der Waals surface area (Å²) in [7, 11) is 1.64. The van der Waals surface area contributed by atoms with E-state index in [0.717, 1.165) is 28.4 Å². The van der Waals surface area contributed by atoms with E-state index in [1.54, 1.807) is 7.11 Å². The maximum atomic E-state index is 8.99. The highest BCUT2D eigenvalue weighted by Gasteiger charge is 2.10. The molecular formula is C13H12N2OS. The summed E-state index contributed by atoms with van der Waals surface area (Å²) in [6.07, 6.45) is 0.787. The molecule has 1 heterocycles. The van der Waals surface area contributed by atoms with Crippen LogP contribution in [0.4, 0.5) is 0 Å². The van der Waals surface area contributed by atoms with Crippen LogP contribution in [0, 0.1) is 11.3 Å². The van der Waals surface area contributed by atoms with E-state index in [4.69, 9.17) is 10.00 Å². The molecule has 0 aliphatic rings. The first-order chi connectivity index (χ1) is 8.28. The molecule has 0 atom stereocenters. The van der Waals surface area contributed by atoms with Crippen LogP contribution in [0.15, 0.2) is 24.3 Å². The number of aryl methyl sites for hydroxylation is 1. The van der Waals surface area contributed by atoms with Crippen molar-refractivity contribution in [2.24, 2.45) is 0 Å². The highest BCUT2D eigenvalue weighted by Crippen LogP contribution is 2.29. The topological polar surface area (TPSA) is 45.9 Å². The molecule has 17 heavy (non-hydrogen) atoms. The number of nitriles is 1. The van der Waals surface area contributed by atoms with Crippen LogP contribution in [0.5, 0.6) is 5.75 Å². The fourth-order valence-electron chi connectivity index (χ4n) is 1.54. The van der Waals surface area contributed by atoms with Gasteiger partial charge in [-0.15, -0.1) is 11.3 Å². The molecule has 0 amide bonds. The highest BCUT2D eigenvalue weighted by atomic mass is 32.1. The van der Waals surface area contributed by atoms with E-state index in [1.165, 1.54) is 11.3 Å². The first-order valence-electron chi connectivity index (χ1n) is 5.32. The van der Waals surface area contributed by atoms with Gasteiger partial charge in [0.15, 0.2) is 0 Å². The molecule has 86 valence electrons. The third-order valence-electron chi connectivity index (χ3n) is 2.47. The second kappa shape index (κ2) is 4.98. The molecule has 3 nitrogen and oxygen atoms in total. The fourth-order valence-corrected chi connectivity index (χ4v) is 2.49.